The first-order valence-electron chi connectivity index (χ1n) is 4.28. The molecule has 1 N–H and O–H groups in total. The molecule has 7 heteroatoms. The van der Waals surface area contributed by atoms with Crippen LogP contribution in [0.4, 0.5) is 0 Å². The number of imidazole rings is 1. The van der Waals surface area contributed by atoms with Crippen LogP contribution in [0.2, 0.25) is 0 Å². The van der Waals surface area contributed by atoms with Gasteiger partial charge < -0.3 is 9.72 Å². The molecule has 1 aliphatic rings. The fourth-order valence-corrected chi connectivity index (χ4v) is 2.52. The lowest BCUT2D eigenvalue weighted by Gasteiger charge is -2.24. The maximum atomic E-state index is 11.8. The zero-order valence-corrected chi connectivity index (χ0v) is 8.33. The summed E-state index contributed by atoms with van der Waals surface area (Å²) in [5.41, 5.74) is 0. The molecule has 6 nitrogen and oxygen atoms in total. The van der Waals surface area contributed by atoms with Gasteiger partial charge in [-0.15, -0.1) is 0 Å². The van der Waals surface area contributed by atoms with E-state index in [1.165, 1.54) is 16.7 Å². The van der Waals surface area contributed by atoms with Crippen LogP contribution in [0.25, 0.3) is 0 Å². The Morgan fingerprint density at radius 1 is 1.57 bits per heavy atom. The Labute approximate surface area is 81.9 Å². The molecule has 0 radical (unpaired) electrons. The molecule has 1 saturated heterocycles. The van der Waals surface area contributed by atoms with Crippen molar-refractivity contribution < 1.29 is 13.2 Å². The molecule has 1 aromatic heterocycles. The zero-order chi connectivity index (χ0) is 10.0. The number of rotatable bonds is 2. The quantitative estimate of drug-likeness (QED) is 0.743. The first kappa shape index (κ1) is 9.63. The van der Waals surface area contributed by atoms with Gasteiger partial charge in [-0.25, -0.2) is 13.4 Å². The van der Waals surface area contributed by atoms with E-state index in [4.69, 9.17) is 4.74 Å². The fraction of sp³-hybridized carbons (Fsp3) is 0.571. The van der Waals surface area contributed by atoms with Gasteiger partial charge in [-0.3, -0.25) is 0 Å². The van der Waals surface area contributed by atoms with Crippen LogP contribution < -0.4 is 0 Å². The molecule has 0 saturated carbocycles. The van der Waals surface area contributed by atoms with Crippen molar-refractivity contribution in [3.63, 3.8) is 0 Å². The number of hydrogen-bond acceptors (Lipinski definition) is 4. The van der Waals surface area contributed by atoms with E-state index in [0.717, 1.165) is 6.42 Å². The van der Waals surface area contributed by atoms with Crippen LogP contribution in [-0.2, 0) is 14.8 Å². The molecule has 0 unspecified atom stereocenters. The van der Waals surface area contributed by atoms with Crippen LogP contribution in [0.1, 0.15) is 6.42 Å². The lowest BCUT2D eigenvalue weighted by Crippen LogP contribution is -2.38. The second-order valence-corrected chi connectivity index (χ2v) is 4.82. The Kier molecular flexibility index (Phi) is 2.53. The topological polar surface area (TPSA) is 75.3 Å². The van der Waals surface area contributed by atoms with Crippen LogP contribution in [0.5, 0.6) is 0 Å². The van der Waals surface area contributed by atoms with E-state index in [0.29, 0.717) is 13.2 Å². The average molecular weight is 217 g/mol. The van der Waals surface area contributed by atoms with Crippen molar-refractivity contribution in [2.45, 2.75) is 11.6 Å². The smallest absolute Gasteiger partial charge is 0.278 e. The van der Waals surface area contributed by atoms with Gasteiger partial charge in [0.05, 0.1) is 0 Å². The number of nitrogens with zero attached hydrogens (tertiary/aromatic N) is 2. The summed E-state index contributed by atoms with van der Waals surface area (Å²) in [7, 11) is -3.48. The highest BCUT2D eigenvalue weighted by Gasteiger charge is 2.28. The van der Waals surface area contributed by atoms with E-state index in [2.05, 4.69) is 9.97 Å². The Bertz CT molecular complexity index is 380. The minimum Gasteiger partial charge on any atom is -0.365 e. The third-order valence-electron chi connectivity index (χ3n) is 1.99. The van der Waals surface area contributed by atoms with E-state index < -0.39 is 10.0 Å². The van der Waals surface area contributed by atoms with Gasteiger partial charge in [0.15, 0.2) is 0 Å². The normalized spacial score (nSPS) is 19.7. The van der Waals surface area contributed by atoms with Crippen molar-refractivity contribution in [1.82, 2.24) is 14.3 Å². The van der Waals surface area contributed by atoms with Crippen LogP contribution in [0.15, 0.2) is 17.6 Å². The Morgan fingerprint density at radius 3 is 3.00 bits per heavy atom. The van der Waals surface area contributed by atoms with E-state index in [1.54, 1.807) is 0 Å². The molecule has 78 valence electrons. The molecule has 2 heterocycles. The molecule has 14 heavy (non-hydrogen) atoms. The van der Waals surface area contributed by atoms with Crippen molar-refractivity contribution in [1.29, 1.82) is 0 Å². The van der Waals surface area contributed by atoms with Crippen molar-refractivity contribution in [3.05, 3.63) is 12.4 Å². The molecule has 0 spiro atoms. The predicted molar refractivity (Wildman–Crippen MR) is 47.9 cm³/mol. The third-order valence-corrected chi connectivity index (χ3v) is 3.67. The second kappa shape index (κ2) is 3.68. The monoisotopic (exact) mass is 217 g/mol. The predicted octanol–water partition coefficient (Wildman–Crippen LogP) is -0.222. The Balaban J connectivity index is 2.23. The maximum absolute atomic E-state index is 11.8. The van der Waals surface area contributed by atoms with Gasteiger partial charge in [0.1, 0.15) is 6.73 Å². The molecule has 2 rings (SSSR count). The summed E-state index contributed by atoms with van der Waals surface area (Å²) in [6.07, 6.45) is 3.62. The molecule has 1 fully saturated rings. The van der Waals surface area contributed by atoms with Crippen molar-refractivity contribution in [2.75, 3.05) is 19.9 Å². The van der Waals surface area contributed by atoms with Crippen molar-refractivity contribution >= 4 is 10.0 Å². The van der Waals surface area contributed by atoms with Gasteiger partial charge in [0.2, 0.25) is 5.16 Å². The van der Waals surface area contributed by atoms with Crippen LogP contribution in [0, 0.1) is 0 Å². The molecule has 1 aromatic rings. The Morgan fingerprint density at radius 2 is 2.43 bits per heavy atom. The van der Waals surface area contributed by atoms with Gasteiger partial charge in [0, 0.05) is 25.5 Å². The molecular formula is C7H11N3O3S. The minimum atomic E-state index is -3.48. The standard InChI is InChI=1S/C7H11N3O3S/c11-14(12,7-8-2-3-9-7)10-4-1-5-13-6-10/h2-3H,1,4-6H2,(H,8,9). The number of hydrogen-bond donors (Lipinski definition) is 1. The molecule has 1 aliphatic heterocycles. The molecule has 0 atom stereocenters. The van der Waals surface area contributed by atoms with E-state index in [1.807, 2.05) is 0 Å². The van der Waals surface area contributed by atoms with Gasteiger partial charge in [-0.2, -0.15) is 4.31 Å². The first-order chi connectivity index (χ1) is 6.71. The number of nitrogens with one attached hydrogen (secondary N) is 1. The lowest BCUT2D eigenvalue weighted by atomic mass is 10.4. The summed E-state index contributed by atoms with van der Waals surface area (Å²) < 4.78 is 29.9. The minimum absolute atomic E-state index is 0.0250. The summed E-state index contributed by atoms with van der Waals surface area (Å²) in [4.78, 5) is 6.30. The highest BCUT2D eigenvalue weighted by Crippen LogP contribution is 2.13. The maximum Gasteiger partial charge on any atom is 0.278 e. The number of ether oxygens (including phenoxy) is 1. The van der Waals surface area contributed by atoms with Crippen LogP contribution in [0.3, 0.4) is 0 Å². The molecule has 0 amide bonds. The molecule has 0 aromatic carbocycles. The fourth-order valence-electron chi connectivity index (χ4n) is 1.28. The van der Waals surface area contributed by atoms with Gasteiger partial charge in [-0.05, 0) is 6.42 Å². The van der Waals surface area contributed by atoms with Crippen LogP contribution in [-0.4, -0.2) is 42.6 Å². The third kappa shape index (κ3) is 1.66. The lowest BCUT2D eigenvalue weighted by molar-refractivity contribution is 0.0310. The van der Waals surface area contributed by atoms with E-state index >= 15 is 0 Å². The Hall–Kier alpha value is -0.920. The zero-order valence-electron chi connectivity index (χ0n) is 7.51. The summed E-state index contributed by atoms with van der Waals surface area (Å²) in [5, 5.41) is -0.0250. The number of aromatic amines is 1. The molecule has 0 aliphatic carbocycles. The van der Waals surface area contributed by atoms with E-state index in [-0.39, 0.29) is 11.9 Å². The highest BCUT2D eigenvalue weighted by atomic mass is 32.2. The van der Waals surface area contributed by atoms with Crippen molar-refractivity contribution in [3.8, 4) is 0 Å². The van der Waals surface area contributed by atoms with Gasteiger partial charge >= 0.3 is 0 Å². The summed E-state index contributed by atoms with van der Waals surface area (Å²) in [6, 6.07) is 0. The van der Waals surface area contributed by atoms with E-state index in [9.17, 15) is 8.42 Å². The molecular weight excluding hydrogens is 206 g/mol. The second-order valence-electron chi connectivity index (χ2n) is 2.97. The van der Waals surface area contributed by atoms with Crippen LogP contribution >= 0.6 is 0 Å². The number of aromatic nitrogens is 2. The SMILES string of the molecule is O=S(=O)(c1ncc[nH]1)N1CCCOC1. The summed E-state index contributed by atoms with van der Waals surface area (Å²) >= 11 is 0. The molecule has 0 bridgehead atoms. The average Bonchev–Trinajstić information content (AvgIpc) is 2.72. The largest absolute Gasteiger partial charge is 0.365 e. The van der Waals surface area contributed by atoms with Crippen molar-refractivity contribution in [2.24, 2.45) is 0 Å². The van der Waals surface area contributed by atoms with Gasteiger partial charge in [0.25, 0.3) is 10.0 Å². The first-order valence-corrected chi connectivity index (χ1v) is 5.72. The summed E-state index contributed by atoms with van der Waals surface area (Å²) in [6.45, 7) is 1.22. The number of sulfonamides is 1. The highest BCUT2D eigenvalue weighted by molar-refractivity contribution is 7.88. The number of H-pyrrole nitrogens is 1. The summed E-state index contributed by atoms with van der Waals surface area (Å²) in [5.74, 6) is 0. The van der Waals surface area contributed by atoms with Gasteiger partial charge in [-0.1, -0.05) is 0 Å².